The highest BCUT2D eigenvalue weighted by atomic mass is 32.1. The second-order valence-corrected chi connectivity index (χ2v) is 4.56. The van der Waals surface area contributed by atoms with E-state index in [-0.39, 0.29) is 11.4 Å². The smallest absolute Gasteiger partial charge is 0.306 e. The fourth-order valence-electron chi connectivity index (χ4n) is 1.18. The summed E-state index contributed by atoms with van der Waals surface area (Å²) in [6.45, 7) is 4.10. The summed E-state index contributed by atoms with van der Waals surface area (Å²) in [7, 11) is 1.42. The fourth-order valence-corrected chi connectivity index (χ4v) is 2.04. The van der Waals surface area contributed by atoms with E-state index in [1.165, 1.54) is 12.0 Å². The number of rotatable bonds is 3. The molecule has 3 heteroatoms. The monoisotopic (exact) mass is 198 g/mol. The number of ether oxygens (including phenoxy) is 1. The number of hydrogen-bond acceptors (Lipinski definition) is 3. The lowest BCUT2D eigenvalue weighted by Crippen LogP contribution is -2.21. The lowest BCUT2D eigenvalue weighted by atomic mass is 9.88. The standard InChI is InChI=1S/C10H14O2S/c1-10(2,7-9(11)12-3)8-5-4-6-13-8/h4-6H,7H2,1-3H3. The molecule has 2 nitrogen and oxygen atoms in total. The Morgan fingerprint density at radius 3 is 2.77 bits per heavy atom. The minimum Gasteiger partial charge on any atom is -0.469 e. The van der Waals surface area contributed by atoms with Crippen molar-refractivity contribution in [2.24, 2.45) is 0 Å². The van der Waals surface area contributed by atoms with Crippen LogP contribution in [0.5, 0.6) is 0 Å². The third-order valence-electron chi connectivity index (χ3n) is 2.00. The molecule has 1 aromatic rings. The van der Waals surface area contributed by atoms with Crippen molar-refractivity contribution in [2.45, 2.75) is 25.7 Å². The topological polar surface area (TPSA) is 26.3 Å². The van der Waals surface area contributed by atoms with Gasteiger partial charge in [-0.25, -0.2) is 0 Å². The third-order valence-corrected chi connectivity index (χ3v) is 3.24. The van der Waals surface area contributed by atoms with Gasteiger partial charge in [-0.15, -0.1) is 11.3 Å². The van der Waals surface area contributed by atoms with Gasteiger partial charge in [0, 0.05) is 10.3 Å². The van der Waals surface area contributed by atoms with Crippen LogP contribution in [0.15, 0.2) is 17.5 Å². The molecule has 13 heavy (non-hydrogen) atoms. The number of methoxy groups -OCH3 is 1. The van der Waals surface area contributed by atoms with E-state index in [1.807, 2.05) is 17.5 Å². The van der Waals surface area contributed by atoms with Crippen LogP contribution < -0.4 is 0 Å². The molecule has 0 unspecified atom stereocenters. The molecule has 1 aromatic heterocycles. The van der Waals surface area contributed by atoms with Crippen LogP contribution in [0.1, 0.15) is 25.1 Å². The molecule has 0 bridgehead atoms. The van der Waals surface area contributed by atoms with E-state index in [1.54, 1.807) is 11.3 Å². The highest BCUT2D eigenvalue weighted by molar-refractivity contribution is 7.10. The first-order valence-corrected chi connectivity index (χ1v) is 5.05. The molecule has 0 radical (unpaired) electrons. The summed E-state index contributed by atoms with van der Waals surface area (Å²) in [6, 6.07) is 4.05. The molecule has 1 heterocycles. The highest BCUT2D eigenvalue weighted by Gasteiger charge is 2.25. The van der Waals surface area contributed by atoms with Gasteiger partial charge in [0.1, 0.15) is 0 Å². The van der Waals surface area contributed by atoms with Crippen LogP contribution in [-0.4, -0.2) is 13.1 Å². The summed E-state index contributed by atoms with van der Waals surface area (Å²) in [5, 5.41) is 2.02. The highest BCUT2D eigenvalue weighted by Crippen LogP contribution is 2.30. The molecule has 0 aliphatic carbocycles. The largest absolute Gasteiger partial charge is 0.469 e. The fraction of sp³-hybridized carbons (Fsp3) is 0.500. The molecule has 0 aromatic carbocycles. The summed E-state index contributed by atoms with van der Waals surface area (Å²) in [4.78, 5) is 12.3. The van der Waals surface area contributed by atoms with Gasteiger partial charge in [-0.05, 0) is 11.4 Å². The average Bonchev–Trinajstić information content (AvgIpc) is 2.55. The van der Waals surface area contributed by atoms with Crippen molar-refractivity contribution in [3.8, 4) is 0 Å². The second kappa shape index (κ2) is 3.92. The molecule has 0 fully saturated rings. The number of thiophene rings is 1. The molecule has 0 saturated heterocycles. The van der Waals surface area contributed by atoms with E-state index in [9.17, 15) is 4.79 Å². The first-order valence-electron chi connectivity index (χ1n) is 4.17. The van der Waals surface area contributed by atoms with Crippen LogP contribution in [0.4, 0.5) is 0 Å². The maximum atomic E-state index is 11.1. The van der Waals surface area contributed by atoms with E-state index >= 15 is 0 Å². The van der Waals surface area contributed by atoms with Crippen molar-refractivity contribution in [3.05, 3.63) is 22.4 Å². The summed E-state index contributed by atoms with van der Waals surface area (Å²) in [6.07, 6.45) is 0.435. The minimum atomic E-state index is -0.154. The Morgan fingerprint density at radius 2 is 2.31 bits per heavy atom. The van der Waals surface area contributed by atoms with Crippen molar-refractivity contribution in [1.29, 1.82) is 0 Å². The number of carbonyl (C=O) groups excluding carboxylic acids is 1. The zero-order valence-corrected chi connectivity index (χ0v) is 8.98. The SMILES string of the molecule is COC(=O)CC(C)(C)c1cccs1. The van der Waals surface area contributed by atoms with Crippen LogP contribution in [0.3, 0.4) is 0 Å². The molecule has 1 rings (SSSR count). The summed E-state index contributed by atoms with van der Waals surface area (Å²) in [5.74, 6) is -0.154. The first kappa shape index (κ1) is 10.3. The van der Waals surface area contributed by atoms with Crippen LogP contribution in [0, 0.1) is 0 Å². The molecule has 0 aliphatic rings. The Labute approximate surface area is 82.5 Å². The maximum Gasteiger partial charge on any atom is 0.306 e. The Balaban J connectivity index is 2.72. The number of hydrogen-bond donors (Lipinski definition) is 0. The van der Waals surface area contributed by atoms with Gasteiger partial charge in [-0.2, -0.15) is 0 Å². The van der Waals surface area contributed by atoms with Crippen LogP contribution in [-0.2, 0) is 14.9 Å². The van der Waals surface area contributed by atoms with E-state index in [0.717, 1.165) is 0 Å². The summed E-state index contributed by atoms with van der Waals surface area (Å²) >= 11 is 1.67. The van der Waals surface area contributed by atoms with Crippen molar-refractivity contribution < 1.29 is 9.53 Å². The van der Waals surface area contributed by atoms with E-state index in [4.69, 9.17) is 0 Å². The second-order valence-electron chi connectivity index (χ2n) is 3.61. The maximum absolute atomic E-state index is 11.1. The number of carbonyl (C=O) groups is 1. The molecule has 0 amide bonds. The first-order chi connectivity index (χ1) is 6.06. The molecule has 0 spiro atoms. The van der Waals surface area contributed by atoms with Crippen LogP contribution >= 0.6 is 11.3 Å². The van der Waals surface area contributed by atoms with Gasteiger partial charge in [-0.3, -0.25) is 4.79 Å². The Hall–Kier alpha value is -0.830. The lowest BCUT2D eigenvalue weighted by molar-refractivity contribution is -0.141. The summed E-state index contributed by atoms with van der Waals surface area (Å²) < 4.78 is 4.65. The molecule has 0 N–H and O–H groups in total. The van der Waals surface area contributed by atoms with Crippen molar-refractivity contribution in [2.75, 3.05) is 7.11 Å². The third kappa shape index (κ3) is 2.56. The van der Waals surface area contributed by atoms with Gasteiger partial charge in [0.2, 0.25) is 0 Å². The predicted octanol–water partition coefficient (Wildman–Crippen LogP) is 2.59. The Morgan fingerprint density at radius 1 is 1.62 bits per heavy atom. The minimum absolute atomic E-state index is 0.110. The van der Waals surface area contributed by atoms with Crippen molar-refractivity contribution >= 4 is 17.3 Å². The van der Waals surface area contributed by atoms with Crippen molar-refractivity contribution in [1.82, 2.24) is 0 Å². The number of esters is 1. The van der Waals surface area contributed by atoms with Gasteiger partial charge in [0.15, 0.2) is 0 Å². The molecule has 0 saturated carbocycles. The average molecular weight is 198 g/mol. The van der Waals surface area contributed by atoms with E-state index < -0.39 is 0 Å². The lowest BCUT2D eigenvalue weighted by Gasteiger charge is -2.21. The van der Waals surface area contributed by atoms with Crippen LogP contribution in [0.25, 0.3) is 0 Å². The normalized spacial score (nSPS) is 11.3. The van der Waals surface area contributed by atoms with E-state index in [2.05, 4.69) is 18.6 Å². The Bertz CT molecular complexity index is 275. The van der Waals surface area contributed by atoms with Gasteiger partial charge >= 0.3 is 5.97 Å². The van der Waals surface area contributed by atoms with Gasteiger partial charge in [0.25, 0.3) is 0 Å². The molecular weight excluding hydrogens is 184 g/mol. The Kier molecular flexibility index (Phi) is 3.09. The molecule has 72 valence electrons. The zero-order valence-electron chi connectivity index (χ0n) is 8.16. The van der Waals surface area contributed by atoms with Gasteiger partial charge in [0.05, 0.1) is 13.5 Å². The molecular formula is C10H14O2S. The molecule has 0 aliphatic heterocycles. The predicted molar refractivity (Wildman–Crippen MR) is 54.0 cm³/mol. The zero-order chi connectivity index (χ0) is 9.90. The van der Waals surface area contributed by atoms with Gasteiger partial charge < -0.3 is 4.74 Å². The van der Waals surface area contributed by atoms with E-state index in [0.29, 0.717) is 6.42 Å². The van der Waals surface area contributed by atoms with Crippen LogP contribution in [0.2, 0.25) is 0 Å². The quantitative estimate of drug-likeness (QED) is 0.698. The van der Waals surface area contributed by atoms with Gasteiger partial charge in [-0.1, -0.05) is 19.9 Å². The summed E-state index contributed by atoms with van der Waals surface area (Å²) in [5.41, 5.74) is -0.110. The van der Waals surface area contributed by atoms with Crippen molar-refractivity contribution in [3.63, 3.8) is 0 Å². The molecule has 0 atom stereocenters.